The van der Waals surface area contributed by atoms with E-state index in [1.807, 2.05) is 6.07 Å². The molecule has 3 nitrogen and oxygen atoms in total. The van der Waals surface area contributed by atoms with Gasteiger partial charge < -0.3 is 4.74 Å². The van der Waals surface area contributed by atoms with Crippen LogP contribution in [0.3, 0.4) is 0 Å². The van der Waals surface area contributed by atoms with Gasteiger partial charge in [-0.15, -0.1) is 0 Å². The maximum Gasteiger partial charge on any atom is 0.315 e. The standard InChI is InChI=1S/C14H15ClFNO2/c1-14(2,3)19-13(18)9(7-8-17)12-10(15)5-4-6-11(12)16/h4-6,9H,7H2,1-3H3. The zero-order valence-corrected chi connectivity index (χ0v) is 11.8. The molecule has 1 unspecified atom stereocenters. The second kappa shape index (κ2) is 6.03. The molecule has 5 heteroatoms. The fraction of sp³-hybridized carbons (Fsp3) is 0.429. The van der Waals surface area contributed by atoms with Crippen LogP contribution in [0.25, 0.3) is 0 Å². The largest absolute Gasteiger partial charge is 0.459 e. The van der Waals surface area contributed by atoms with Gasteiger partial charge in [0, 0.05) is 10.6 Å². The Balaban J connectivity index is 3.15. The van der Waals surface area contributed by atoms with Gasteiger partial charge in [0.2, 0.25) is 0 Å². The Bertz CT molecular complexity index is 497. The molecule has 19 heavy (non-hydrogen) atoms. The lowest BCUT2D eigenvalue weighted by atomic mass is 9.95. The molecule has 0 saturated carbocycles. The summed E-state index contributed by atoms with van der Waals surface area (Å²) in [6, 6.07) is 5.99. The first-order valence-electron chi connectivity index (χ1n) is 5.80. The average molecular weight is 284 g/mol. The van der Waals surface area contributed by atoms with Gasteiger partial charge in [-0.05, 0) is 32.9 Å². The summed E-state index contributed by atoms with van der Waals surface area (Å²) in [6.07, 6.45) is -0.185. The van der Waals surface area contributed by atoms with E-state index in [4.69, 9.17) is 21.6 Å². The summed E-state index contributed by atoms with van der Waals surface area (Å²) in [4.78, 5) is 12.1. The number of nitriles is 1. The molecule has 1 aromatic carbocycles. The van der Waals surface area contributed by atoms with Crippen molar-refractivity contribution in [3.05, 3.63) is 34.6 Å². The van der Waals surface area contributed by atoms with E-state index in [9.17, 15) is 9.18 Å². The Hall–Kier alpha value is -1.60. The Morgan fingerprint density at radius 1 is 1.53 bits per heavy atom. The summed E-state index contributed by atoms with van der Waals surface area (Å²) in [5.41, 5.74) is -0.692. The lowest BCUT2D eigenvalue weighted by molar-refractivity contribution is -0.156. The quantitative estimate of drug-likeness (QED) is 0.793. The van der Waals surface area contributed by atoms with Crippen LogP contribution in [0, 0.1) is 17.1 Å². The lowest BCUT2D eigenvalue weighted by Gasteiger charge is -2.23. The molecule has 0 spiro atoms. The van der Waals surface area contributed by atoms with Gasteiger partial charge in [0.25, 0.3) is 0 Å². The van der Waals surface area contributed by atoms with Crippen molar-refractivity contribution in [2.75, 3.05) is 0 Å². The van der Waals surface area contributed by atoms with Crippen LogP contribution in [0.1, 0.15) is 38.7 Å². The van der Waals surface area contributed by atoms with Gasteiger partial charge in [0.05, 0.1) is 18.4 Å². The van der Waals surface area contributed by atoms with Crippen LogP contribution < -0.4 is 0 Å². The van der Waals surface area contributed by atoms with E-state index in [1.165, 1.54) is 18.2 Å². The second-order valence-electron chi connectivity index (χ2n) is 5.08. The summed E-state index contributed by atoms with van der Waals surface area (Å²) in [7, 11) is 0. The van der Waals surface area contributed by atoms with Crippen molar-refractivity contribution in [3.8, 4) is 6.07 Å². The minimum absolute atomic E-state index is 0.0139. The van der Waals surface area contributed by atoms with Crippen LogP contribution in [0.15, 0.2) is 18.2 Å². The molecule has 0 aliphatic rings. The summed E-state index contributed by atoms with van der Waals surface area (Å²) in [5.74, 6) is -2.28. The molecule has 0 aromatic heterocycles. The van der Waals surface area contributed by atoms with Crippen molar-refractivity contribution in [2.45, 2.75) is 38.7 Å². The average Bonchev–Trinajstić information content (AvgIpc) is 2.25. The fourth-order valence-electron chi connectivity index (χ4n) is 1.61. The van der Waals surface area contributed by atoms with Crippen LogP contribution in [0.4, 0.5) is 4.39 Å². The smallest absolute Gasteiger partial charge is 0.315 e. The van der Waals surface area contributed by atoms with E-state index in [-0.39, 0.29) is 17.0 Å². The summed E-state index contributed by atoms with van der Waals surface area (Å²) >= 11 is 5.92. The molecule has 0 heterocycles. The monoisotopic (exact) mass is 283 g/mol. The summed E-state index contributed by atoms with van der Waals surface area (Å²) in [6.45, 7) is 5.12. The summed E-state index contributed by atoms with van der Waals surface area (Å²) < 4.78 is 19.0. The Morgan fingerprint density at radius 3 is 2.63 bits per heavy atom. The number of halogens is 2. The van der Waals surface area contributed by atoms with Crippen LogP contribution in [0.2, 0.25) is 5.02 Å². The van der Waals surface area contributed by atoms with Crippen molar-refractivity contribution < 1.29 is 13.9 Å². The molecule has 102 valence electrons. The number of rotatable bonds is 3. The van der Waals surface area contributed by atoms with Gasteiger partial charge in [0.1, 0.15) is 11.4 Å². The highest BCUT2D eigenvalue weighted by atomic mass is 35.5. The number of hydrogen-bond acceptors (Lipinski definition) is 3. The third-order valence-corrected chi connectivity index (χ3v) is 2.66. The van der Waals surface area contributed by atoms with E-state index in [0.717, 1.165) is 0 Å². The van der Waals surface area contributed by atoms with Crippen molar-refractivity contribution in [1.82, 2.24) is 0 Å². The SMILES string of the molecule is CC(C)(C)OC(=O)C(CC#N)c1c(F)cccc1Cl. The number of carbonyl (C=O) groups excluding carboxylic acids is 1. The van der Waals surface area contributed by atoms with Crippen molar-refractivity contribution in [1.29, 1.82) is 5.26 Å². The van der Waals surface area contributed by atoms with E-state index in [0.29, 0.717) is 0 Å². The van der Waals surface area contributed by atoms with Gasteiger partial charge in [-0.3, -0.25) is 4.79 Å². The van der Waals surface area contributed by atoms with Crippen molar-refractivity contribution in [2.24, 2.45) is 0 Å². The van der Waals surface area contributed by atoms with Crippen LogP contribution in [-0.2, 0) is 9.53 Å². The molecule has 0 aliphatic heterocycles. The lowest BCUT2D eigenvalue weighted by Crippen LogP contribution is -2.28. The number of ether oxygens (including phenoxy) is 1. The van der Waals surface area contributed by atoms with E-state index in [1.54, 1.807) is 20.8 Å². The van der Waals surface area contributed by atoms with Gasteiger partial charge in [-0.25, -0.2) is 4.39 Å². The van der Waals surface area contributed by atoms with Crippen LogP contribution in [-0.4, -0.2) is 11.6 Å². The number of carbonyl (C=O) groups is 1. The zero-order valence-electron chi connectivity index (χ0n) is 11.0. The minimum atomic E-state index is -1.02. The molecule has 1 rings (SSSR count). The second-order valence-corrected chi connectivity index (χ2v) is 5.49. The molecule has 1 atom stereocenters. The summed E-state index contributed by atoms with van der Waals surface area (Å²) in [5, 5.41) is 8.92. The van der Waals surface area contributed by atoms with E-state index in [2.05, 4.69) is 0 Å². The first-order chi connectivity index (χ1) is 8.76. The predicted molar refractivity (Wildman–Crippen MR) is 70.2 cm³/mol. The van der Waals surface area contributed by atoms with Gasteiger partial charge in [0.15, 0.2) is 0 Å². The molecule has 0 bridgehead atoms. The van der Waals surface area contributed by atoms with Crippen molar-refractivity contribution in [3.63, 3.8) is 0 Å². The topological polar surface area (TPSA) is 50.1 Å². The Morgan fingerprint density at radius 2 is 2.16 bits per heavy atom. The maximum absolute atomic E-state index is 13.8. The third kappa shape index (κ3) is 4.22. The van der Waals surface area contributed by atoms with E-state index >= 15 is 0 Å². The molecule has 0 radical (unpaired) electrons. The van der Waals surface area contributed by atoms with Gasteiger partial charge in [-0.2, -0.15) is 5.26 Å². The number of nitrogens with zero attached hydrogens (tertiary/aromatic N) is 1. The highest BCUT2D eigenvalue weighted by molar-refractivity contribution is 6.31. The first kappa shape index (κ1) is 15.5. The molecule has 0 amide bonds. The number of esters is 1. The van der Waals surface area contributed by atoms with E-state index < -0.39 is 23.3 Å². The highest BCUT2D eigenvalue weighted by Gasteiger charge is 2.30. The zero-order chi connectivity index (χ0) is 14.6. The third-order valence-electron chi connectivity index (χ3n) is 2.33. The van der Waals surface area contributed by atoms with Gasteiger partial charge in [-0.1, -0.05) is 17.7 Å². The van der Waals surface area contributed by atoms with Crippen molar-refractivity contribution >= 4 is 17.6 Å². The molecule has 0 saturated heterocycles. The Kier molecular flexibility index (Phi) is 4.90. The first-order valence-corrected chi connectivity index (χ1v) is 6.18. The number of hydrogen-bond donors (Lipinski definition) is 0. The minimum Gasteiger partial charge on any atom is -0.459 e. The molecule has 0 aliphatic carbocycles. The molecule has 1 aromatic rings. The molecule has 0 fully saturated rings. The molecular formula is C14H15ClFNO2. The normalized spacial score (nSPS) is 12.6. The maximum atomic E-state index is 13.8. The molecule has 0 N–H and O–H groups in total. The highest BCUT2D eigenvalue weighted by Crippen LogP contribution is 2.31. The van der Waals surface area contributed by atoms with Crippen LogP contribution >= 0.6 is 11.6 Å². The Labute approximate surface area is 116 Å². The van der Waals surface area contributed by atoms with Crippen LogP contribution in [0.5, 0.6) is 0 Å². The van der Waals surface area contributed by atoms with Gasteiger partial charge >= 0.3 is 5.97 Å². The fourth-order valence-corrected chi connectivity index (χ4v) is 1.91. The predicted octanol–water partition coefficient (Wildman–Crippen LogP) is 3.82. The molecular weight excluding hydrogens is 269 g/mol. The number of benzene rings is 1.